The molecule has 0 saturated heterocycles. The first-order valence-electron chi connectivity index (χ1n) is 8.74. The molecular formula is C20H25NO4S. The summed E-state index contributed by atoms with van der Waals surface area (Å²) in [5.74, 6) is 2.37. The number of carbonyl (C=O) groups excluding carboxylic acids is 1. The molecule has 0 radical (unpaired) electrons. The van der Waals surface area contributed by atoms with Gasteiger partial charge in [-0.05, 0) is 54.5 Å². The van der Waals surface area contributed by atoms with Crippen LogP contribution < -0.4 is 19.5 Å². The highest BCUT2D eigenvalue weighted by Gasteiger charge is 2.21. The number of fused-ring (bicyclic) bond motifs is 1. The highest BCUT2D eigenvalue weighted by atomic mass is 32.1. The van der Waals surface area contributed by atoms with Crippen LogP contribution in [-0.4, -0.2) is 27.2 Å². The smallest absolute Gasteiger partial charge is 0.261 e. The second-order valence-electron chi connectivity index (χ2n) is 6.62. The fourth-order valence-corrected chi connectivity index (χ4v) is 4.45. The Morgan fingerprint density at radius 1 is 1.15 bits per heavy atom. The van der Waals surface area contributed by atoms with Crippen LogP contribution in [0.3, 0.4) is 0 Å². The number of carbonyl (C=O) groups is 1. The third-order valence-electron chi connectivity index (χ3n) is 4.73. The monoisotopic (exact) mass is 375 g/mol. The predicted molar refractivity (Wildman–Crippen MR) is 103 cm³/mol. The van der Waals surface area contributed by atoms with Crippen LogP contribution in [0.5, 0.6) is 17.2 Å². The van der Waals surface area contributed by atoms with Gasteiger partial charge in [0, 0.05) is 11.4 Å². The van der Waals surface area contributed by atoms with Crippen molar-refractivity contribution in [1.82, 2.24) is 5.32 Å². The lowest BCUT2D eigenvalue weighted by molar-refractivity contribution is 0.0955. The van der Waals surface area contributed by atoms with E-state index in [-0.39, 0.29) is 5.91 Å². The van der Waals surface area contributed by atoms with Gasteiger partial charge in [0.05, 0.1) is 26.2 Å². The number of hydrogen-bond donors (Lipinski definition) is 1. The predicted octanol–water partition coefficient (Wildman–Crippen LogP) is 3.83. The van der Waals surface area contributed by atoms with Crippen LogP contribution in [0.15, 0.2) is 18.2 Å². The summed E-state index contributed by atoms with van der Waals surface area (Å²) in [4.78, 5) is 14.7. The Morgan fingerprint density at radius 2 is 1.85 bits per heavy atom. The van der Waals surface area contributed by atoms with Crippen molar-refractivity contribution in [3.05, 3.63) is 39.1 Å². The number of ether oxygens (including phenoxy) is 3. The van der Waals surface area contributed by atoms with Gasteiger partial charge in [-0.15, -0.1) is 11.3 Å². The van der Waals surface area contributed by atoms with E-state index in [1.54, 1.807) is 32.7 Å². The Labute approximate surface area is 158 Å². The Hall–Kier alpha value is -2.21. The summed E-state index contributed by atoms with van der Waals surface area (Å²) >= 11 is 1.62. The number of benzene rings is 1. The van der Waals surface area contributed by atoms with E-state index < -0.39 is 0 Å². The van der Waals surface area contributed by atoms with Crippen LogP contribution in [0.2, 0.25) is 0 Å². The molecule has 26 heavy (non-hydrogen) atoms. The lowest BCUT2D eigenvalue weighted by Gasteiger charge is -2.16. The lowest BCUT2D eigenvalue weighted by Crippen LogP contribution is -2.21. The zero-order valence-electron chi connectivity index (χ0n) is 15.7. The minimum Gasteiger partial charge on any atom is -0.493 e. The number of rotatable bonds is 6. The van der Waals surface area contributed by atoms with Crippen molar-refractivity contribution >= 4 is 17.2 Å². The average molecular weight is 375 g/mol. The summed E-state index contributed by atoms with van der Waals surface area (Å²) in [5.41, 5.74) is 2.23. The first-order valence-corrected chi connectivity index (χ1v) is 9.56. The molecule has 1 atom stereocenters. The largest absolute Gasteiger partial charge is 0.493 e. The van der Waals surface area contributed by atoms with Crippen molar-refractivity contribution < 1.29 is 19.0 Å². The molecular weight excluding hydrogens is 350 g/mol. The van der Waals surface area contributed by atoms with E-state index in [1.165, 1.54) is 16.9 Å². The van der Waals surface area contributed by atoms with E-state index in [9.17, 15) is 4.79 Å². The van der Waals surface area contributed by atoms with Gasteiger partial charge in [0.2, 0.25) is 5.75 Å². The van der Waals surface area contributed by atoms with E-state index in [2.05, 4.69) is 18.3 Å². The van der Waals surface area contributed by atoms with Crippen molar-refractivity contribution in [2.75, 3.05) is 21.3 Å². The number of amides is 1. The average Bonchev–Trinajstić information content (AvgIpc) is 3.08. The number of hydrogen-bond acceptors (Lipinski definition) is 5. The molecule has 0 unspecified atom stereocenters. The maximum Gasteiger partial charge on any atom is 0.261 e. The SMILES string of the molecule is COc1cc(CNC(=O)c2cc3c(s2)CC[C@H](C)C3)cc(OC)c1OC. The highest BCUT2D eigenvalue weighted by molar-refractivity contribution is 7.14. The molecule has 1 heterocycles. The zero-order chi connectivity index (χ0) is 18.7. The number of nitrogens with one attached hydrogen (secondary N) is 1. The van der Waals surface area contributed by atoms with E-state index >= 15 is 0 Å². The molecule has 1 aliphatic rings. The standard InChI is InChI=1S/C20H25NO4S/c1-12-5-6-17-14(7-12)10-18(26-17)20(22)21-11-13-8-15(23-2)19(25-4)16(9-13)24-3/h8-10,12H,5-7,11H2,1-4H3,(H,21,22)/t12-/m0/s1. The first-order chi connectivity index (χ1) is 12.5. The molecule has 2 aromatic rings. The van der Waals surface area contributed by atoms with Crippen molar-refractivity contribution in [3.8, 4) is 17.2 Å². The number of aryl methyl sites for hydroxylation is 1. The van der Waals surface area contributed by atoms with Crippen molar-refractivity contribution in [1.29, 1.82) is 0 Å². The molecule has 0 fully saturated rings. The molecule has 0 aliphatic heterocycles. The molecule has 1 amide bonds. The first kappa shape index (κ1) is 18.6. The van der Waals surface area contributed by atoms with Gasteiger partial charge < -0.3 is 19.5 Å². The Kier molecular flexibility index (Phi) is 5.71. The van der Waals surface area contributed by atoms with E-state index in [1.807, 2.05) is 12.1 Å². The van der Waals surface area contributed by atoms with Gasteiger partial charge in [0.25, 0.3) is 5.91 Å². The third-order valence-corrected chi connectivity index (χ3v) is 5.97. The summed E-state index contributed by atoms with van der Waals surface area (Å²) in [5, 5.41) is 3.00. The van der Waals surface area contributed by atoms with Crippen LogP contribution in [-0.2, 0) is 19.4 Å². The van der Waals surface area contributed by atoms with Crippen molar-refractivity contribution in [2.24, 2.45) is 5.92 Å². The number of thiophene rings is 1. The second kappa shape index (κ2) is 7.99. The van der Waals surface area contributed by atoms with Crippen molar-refractivity contribution in [2.45, 2.75) is 32.7 Å². The van der Waals surface area contributed by atoms with Gasteiger partial charge in [-0.25, -0.2) is 0 Å². The van der Waals surface area contributed by atoms with E-state index in [0.717, 1.165) is 23.3 Å². The Balaban J connectivity index is 1.72. The van der Waals surface area contributed by atoms with Crippen LogP contribution in [0.25, 0.3) is 0 Å². The number of methoxy groups -OCH3 is 3. The van der Waals surface area contributed by atoms with Crippen LogP contribution in [0.4, 0.5) is 0 Å². The summed E-state index contributed by atoms with van der Waals surface area (Å²) in [6.45, 7) is 2.67. The normalized spacial score (nSPS) is 15.9. The van der Waals surface area contributed by atoms with Gasteiger partial charge in [-0.2, -0.15) is 0 Å². The van der Waals surface area contributed by atoms with Gasteiger partial charge in [0.15, 0.2) is 11.5 Å². The molecule has 1 aromatic heterocycles. The van der Waals surface area contributed by atoms with Crippen LogP contribution >= 0.6 is 11.3 Å². The molecule has 1 aliphatic carbocycles. The Bertz CT molecular complexity index is 774. The van der Waals surface area contributed by atoms with E-state index in [0.29, 0.717) is 29.7 Å². The van der Waals surface area contributed by atoms with E-state index in [4.69, 9.17) is 14.2 Å². The molecule has 0 spiro atoms. The van der Waals surface area contributed by atoms with Crippen LogP contribution in [0.1, 0.15) is 39.0 Å². The topological polar surface area (TPSA) is 56.8 Å². The molecule has 0 bridgehead atoms. The van der Waals surface area contributed by atoms with Gasteiger partial charge in [0.1, 0.15) is 0 Å². The molecule has 140 valence electrons. The molecule has 1 aromatic carbocycles. The fourth-order valence-electron chi connectivity index (χ4n) is 3.32. The molecule has 1 N–H and O–H groups in total. The van der Waals surface area contributed by atoms with Gasteiger partial charge in [-0.1, -0.05) is 6.92 Å². The fraction of sp³-hybridized carbons (Fsp3) is 0.450. The maximum atomic E-state index is 12.6. The minimum absolute atomic E-state index is 0.0363. The minimum atomic E-state index is -0.0363. The quantitative estimate of drug-likeness (QED) is 0.834. The van der Waals surface area contributed by atoms with Crippen molar-refractivity contribution in [3.63, 3.8) is 0 Å². The molecule has 5 nitrogen and oxygen atoms in total. The summed E-state index contributed by atoms with van der Waals surface area (Å²) in [6.07, 6.45) is 3.37. The third kappa shape index (κ3) is 3.80. The molecule has 6 heteroatoms. The Morgan fingerprint density at radius 3 is 2.46 bits per heavy atom. The van der Waals surface area contributed by atoms with Gasteiger partial charge in [-0.3, -0.25) is 4.79 Å². The summed E-state index contributed by atoms with van der Waals surface area (Å²) < 4.78 is 16.0. The second-order valence-corrected chi connectivity index (χ2v) is 7.76. The lowest BCUT2D eigenvalue weighted by atomic mass is 9.90. The zero-order valence-corrected chi connectivity index (χ0v) is 16.5. The molecule has 0 saturated carbocycles. The van der Waals surface area contributed by atoms with Crippen LogP contribution in [0, 0.1) is 5.92 Å². The summed E-state index contributed by atoms with van der Waals surface area (Å²) in [6, 6.07) is 5.76. The van der Waals surface area contributed by atoms with Gasteiger partial charge >= 0.3 is 0 Å². The highest BCUT2D eigenvalue weighted by Crippen LogP contribution is 2.38. The summed E-state index contributed by atoms with van der Waals surface area (Å²) in [7, 11) is 4.73. The maximum absolute atomic E-state index is 12.6. The molecule has 3 rings (SSSR count).